The van der Waals surface area contributed by atoms with E-state index in [2.05, 4.69) is 58.1 Å². The number of aliphatic hydroxyl groups excluding tert-OH is 1. The summed E-state index contributed by atoms with van der Waals surface area (Å²) in [5.74, 6) is 0. The molecule has 0 bridgehead atoms. The van der Waals surface area contributed by atoms with Crippen molar-refractivity contribution in [2.75, 3.05) is 26.2 Å². The monoisotopic (exact) mass is 328 g/mol. The second-order valence-corrected chi connectivity index (χ2v) is 6.87. The van der Waals surface area contributed by atoms with Crippen LogP contribution in [0, 0.1) is 0 Å². The van der Waals surface area contributed by atoms with Crippen LogP contribution in [0.15, 0.2) is 36.5 Å². The Morgan fingerprint density at radius 1 is 1.25 bits per heavy atom. The van der Waals surface area contributed by atoms with E-state index in [0.29, 0.717) is 12.1 Å². The first-order valence-corrected chi connectivity index (χ1v) is 8.85. The smallest absolute Gasteiger partial charge is 0.0695 e. The molecule has 2 N–H and O–H groups in total. The number of nitrogens with zero attached hydrogens (tertiary/aromatic N) is 3. The molecule has 5 heteroatoms. The van der Waals surface area contributed by atoms with Crippen molar-refractivity contribution in [2.45, 2.75) is 38.9 Å². The molecule has 0 amide bonds. The number of aliphatic hydroxyl groups is 1. The lowest BCUT2D eigenvalue weighted by Crippen LogP contribution is -2.55. The predicted molar refractivity (Wildman–Crippen MR) is 96.6 cm³/mol. The summed E-state index contributed by atoms with van der Waals surface area (Å²) in [5, 5.41) is 16.8. The van der Waals surface area contributed by atoms with Crippen LogP contribution in [0.4, 0.5) is 0 Å². The van der Waals surface area contributed by atoms with Gasteiger partial charge in [0.1, 0.15) is 0 Å². The van der Waals surface area contributed by atoms with E-state index in [9.17, 15) is 5.11 Å². The van der Waals surface area contributed by atoms with E-state index in [1.54, 1.807) is 0 Å². The number of H-pyrrole nitrogens is 1. The molecule has 1 aromatic heterocycles. The third kappa shape index (κ3) is 3.86. The van der Waals surface area contributed by atoms with Gasteiger partial charge in [-0.1, -0.05) is 30.3 Å². The Balaban J connectivity index is 1.70. The molecule has 1 aliphatic heterocycles. The van der Waals surface area contributed by atoms with E-state index >= 15 is 0 Å². The van der Waals surface area contributed by atoms with Crippen molar-refractivity contribution in [3.63, 3.8) is 0 Å². The lowest BCUT2D eigenvalue weighted by atomic mass is 10.0. The van der Waals surface area contributed by atoms with E-state index in [1.165, 1.54) is 11.1 Å². The summed E-state index contributed by atoms with van der Waals surface area (Å²) < 4.78 is 0. The second kappa shape index (κ2) is 7.92. The molecule has 1 atom stereocenters. The van der Waals surface area contributed by atoms with Gasteiger partial charge < -0.3 is 5.11 Å². The molecule has 0 saturated carbocycles. The van der Waals surface area contributed by atoms with Crippen molar-refractivity contribution in [1.82, 2.24) is 20.0 Å². The van der Waals surface area contributed by atoms with Gasteiger partial charge >= 0.3 is 0 Å². The van der Waals surface area contributed by atoms with Crippen molar-refractivity contribution < 1.29 is 5.11 Å². The van der Waals surface area contributed by atoms with E-state index in [0.717, 1.165) is 38.3 Å². The summed E-state index contributed by atoms with van der Waals surface area (Å²) >= 11 is 0. The Bertz CT molecular complexity index is 625. The molecule has 1 fully saturated rings. The van der Waals surface area contributed by atoms with E-state index in [1.807, 2.05) is 12.3 Å². The lowest BCUT2D eigenvalue weighted by Gasteiger charge is -2.43. The highest BCUT2D eigenvalue weighted by molar-refractivity contribution is 5.62. The fourth-order valence-electron chi connectivity index (χ4n) is 3.69. The largest absolute Gasteiger partial charge is 0.396 e. The fourth-order valence-corrected chi connectivity index (χ4v) is 3.69. The van der Waals surface area contributed by atoms with Crippen molar-refractivity contribution in [2.24, 2.45) is 0 Å². The van der Waals surface area contributed by atoms with Crippen LogP contribution in [0.2, 0.25) is 0 Å². The maximum atomic E-state index is 9.39. The molecule has 0 unspecified atom stereocenters. The van der Waals surface area contributed by atoms with Gasteiger partial charge in [0.15, 0.2) is 0 Å². The molecule has 3 rings (SSSR count). The Morgan fingerprint density at radius 3 is 2.75 bits per heavy atom. The number of benzene rings is 1. The SMILES string of the molecule is CC(C)N1CCN(Cc2cn[nH]c2-c2ccccc2)C[C@H]1CCO. The molecule has 24 heavy (non-hydrogen) atoms. The zero-order chi connectivity index (χ0) is 16.9. The van der Waals surface area contributed by atoms with Gasteiger partial charge in [0, 0.05) is 50.4 Å². The Kier molecular flexibility index (Phi) is 5.66. The highest BCUT2D eigenvalue weighted by atomic mass is 16.3. The molecular formula is C19H28N4O. The summed E-state index contributed by atoms with van der Waals surface area (Å²) in [6.07, 6.45) is 2.78. The summed E-state index contributed by atoms with van der Waals surface area (Å²) in [6, 6.07) is 11.3. The summed E-state index contributed by atoms with van der Waals surface area (Å²) in [7, 11) is 0. The first-order valence-electron chi connectivity index (χ1n) is 8.85. The number of rotatable bonds is 6. The van der Waals surface area contributed by atoms with E-state index in [4.69, 9.17) is 0 Å². The molecule has 130 valence electrons. The molecule has 2 aromatic rings. The second-order valence-electron chi connectivity index (χ2n) is 6.87. The number of aromatic amines is 1. The highest BCUT2D eigenvalue weighted by Gasteiger charge is 2.28. The average molecular weight is 328 g/mol. The first kappa shape index (κ1) is 17.1. The van der Waals surface area contributed by atoms with Gasteiger partial charge in [-0.15, -0.1) is 0 Å². The maximum absolute atomic E-state index is 9.39. The molecule has 0 radical (unpaired) electrons. The minimum Gasteiger partial charge on any atom is -0.396 e. The number of nitrogens with one attached hydrogen (secondary N) is 1. The maximum Gasteiger partial charge on any atom is 0.0695 e. The van der Waals surface area contributed by atoms with E-state index in [-0.39, 0.29) is 6.61 Å². The van der Waals surface area contributed by atoms with Gasteiger partial charge in [-0.25, -0.2) is 0 Å². The van der Waals surface area contributed by atoms with Gasteiger partial charge in [0.2, 0.25) is 0 Å². The van der Waals surface area contributed by atoms with Crippen LogP contribution in [-0.2, 0) is 6.54 Å². The highest BCUT2D eigenvalue weighted by Crippen LogP contribution is 2.24. The number of aromatic nitrogens is 2. The third-order valence-electron chi connectivity index (χ3n) is 4.91. The van der Waals surface area contributed by atoms with Crippen LogP contribution in [0.25, 0.3) is 11.3 Å². The standard InChI is InChI=1S/C19H28N4O/c1-15(2)23-10-9-22(14-18(23)8-11-24)13-17-12-20-21-19(17)16-6-4-3-5-7-16/h3-7,12,15,18,24H,8-11,13-14H2,1-2H3,(H,20,21)/t18-/m1/s1. The van der Waals surface area contributed by atoms with Gasteiger partial charge in [-0.05, 0) is 25.8 Å². The van der Waals surface area contributed by atoms with Gasteiger partial charge in [0.25, 0.3) is 0 Å². The van der Waals surface area contributed by atoms with Crippen molar-refractivity contribution in [3.05, 3.63) is 42.1 Å². The third-order valence-corrected chi connectivity index (χ3v) is 4.91. The molecule has 1 aromatic carbocycles. The number of piperazine rings is 1. The zero-order valence-corrected chi connectivity index (χ0v) is 14.7. The molecule has 2 heterocycles. The minimum absolute atomic E-state index is 0.253. The average Bonchev–Trinajstić information content (AvgIpc) is 3.04. The zero-order valence-electron chi connectivity index (χ0n) is 14.7. The minimum atomic E-state index is 0.253. The molecule has 1 aliphatic rings. The molecular weight excluding hydrogens is 300 g/mol. The topological polar surface area (TPSA) is 55.4 Å². The van der Waals surface area contributed by atoms with Crippen LogP contribution < -0.4 is 0 Å². The van der Waals surface area contributed by atoms with Gasteiger partial charge in [-0.3, -0.25) is 14.9 Å². The quantitative estimate of drug-likeness (QED) is 0.855. The van der Waals surface area contributed by atoms with Crippen LogP contribution in [-0.4, -0.2) is 63.4 Å². The van der Waals surface area contributed by atoms with Crippen molar-refractivity contribution >= 4 is 0 Å². The Morgan fingerprint density at radius 2 is 2.04 bits per heavy atom. The van der Waals surface area contributed by atoms with Gasteiger partial charge in [0.05, 0.1) is 11.9 Å². The molecule has 0 spiro atoms. The normalized spacial score (nSPS) is 19.9. The molecule has 5 nitrogen and oxygen atoms in total. The first-order chi connectivity index (χ1) is 11.7. The Labute approximate surface area is 144 Å². The molecule has 0 aliphatic carbocycles. The van der Waals surface area contributed by atoms with Crippen molar-refractivity contribution in [1.29, 1.82) is 0 Å². The summed E-state index contributed by atoms with van der Waals surface area (Å²) in [5.41, 5.74) is 3.53. The fraction of sp³-hybridized carbons (Fsp3) is 0.526. The van der Waals surface area contributed by atoms with Crippen LogP contribution in [0.1, 0.15) is 25.8 Å². The van der Waals surface area contributed by atoms with Crippen LogP contribution >= 0.6 is 0 Å². The van der Waals surface area contributed by atoms with Crippen LogP contribution in [0.5, 0.6) is 0 Å². The molecule has 1 saturated heterocycles. The van der Waals surface area contributed by atoms with Crippen LogP contribution in [0.3, 0.4) is 0 Å². The van der Waals surface area contributed by atoms with E-state index < -0.39 is 0 Å². The summed E-state index contributed by atoms with van der Waals surface area (Å²) in [4.78, 5) is 5.00. The lowest BCUT2D eigenvalue weighted by molar-refractivity contribution is 0.0350. The Hall–Kier alpha value is -1.69. The number of hydrogen-bond donors (Lipinski definition) is 2. The van der Waals surface area contributed by atoms with Crippen molar-refractivity contribution in [3.8, 4) is 11.3 Å². The predicted octanol–water partition coefficient (Wildman–Crippen LogP) is 2.35. The summed E-state index contributed by atoms with van der Waals surface area (Å²) in [6.45, 7) is 8.74. The van der Waals surface area contributed by atoms with Gasteiger partial charge in [-0.2, -0.15) is 5.10 Å². The number of hydrogen-bond acceptors (Lipinski definition) is 4.